The van der Waals surface area contributed by atoms with E-state index in [1.807, 2.05) is 0 Å². The second-order valence-corrected chi connectivity index (χ2v) is 7.13. The fraction of sp³-hybridized carbons (Fsp3) is 0. The van der Waals surface area contributed by atoms with Gasteiger partial charge >= 0.3 is 6.09 Å². The first-order valence-corrected chi connectivity index (χ1v) is 9.73. The third-order valence-electron chi connectivity index (χ3n) is 3.50. The van der Waals surface area contributed by atoms with Crippen molar-refractivity contribution in [2.75, 3.05) is 10.6 Å². The normalized spacial score (nSPS) is 10.4. The quantitative estimate of drug-likeness (QED) is 0.491. The van der Waals surface area contributed by atoms with Gasteiger partial charge in [0.2, 0.25) is 0 Å². The van der Waals surface area contributed by atoms with Crippen LogP contribution in [0.15, 0.2) is 64.0 Å². The van der Waals surface area contributed by atoms with Crippen LogP contribution >= 0.6 is 22.7 Å². The molecule has 0 fully saturated rings. The summed E-state index contributed by atoms with van der Waals surface area (Å²) < 4.78 is 10.6. The maximum Gasteiger partial charge on any atom is 0.421 e. The summed E-state index contributed by atoms with van der Waals surface area (Å²) in [5, 5.41) is 9.71. The molecular weight excluding hydrogens is 400 g/mol. The van der Waals surface area contributed by atoms with Crippen LogP contribution < -0.4 is 15.4 Å². The summed E-state index contributed by atoms with van der Waals surface area (Å²) in [4.78, 5) is 31.9. The fourth-order valence-corrected chi connectivity index (χ4v) is 3.30. The highest BCUT2D eigenvalue weighted by atomic mass is 32.1. The van der Waals surface area contributed by atoms with Crippen LogP contribution in [0, 0.1) is 0 Å². The van der Waals surface area contributed by atoms with Gasteiger partial charge in [0.25, 0.3) is 11.9 Å². The second kappa shape index (κ2) is 8.03. The van der Waals surface area contributed by atoms with Crippen LogP contribution in [0.2, 0.25) is 0 Å². The van der Waals surface area contributed by atoms with E-state index in [1.165, 1.54) is 22.7 Å². The molecule has 1 aromatic carbocycles. The first kappa shape index (κ1) is 17.9. The molecule has 140 valence electrons. The zero-order chi connectivity index (χ0) is 19.3. The van der Waals surface area contributed by atoms with Crippen molar-refractivity contribution in [3.8, 4) is 17.3 Å². The Kier molecular flexibility index (Phi) is 5.13. The summed E-state index contributed by atoms with van der Waals surface area (Å²) in [5.74, 6) is 0.308. The van der Waals surface area contributed by atoms with Gasteiger partial charge in [0.05, 0.1) is 0 Å². The Balaban J connectivity index is 1.39. The number of nitrogens with zero attached hydrogens (tertiary/aromatic N) is 2. The number of anilines is 2. The van der Waals surface area contributed by atoms with Crippen LogP contribution in [0.25, 0.3) is 11.3 Å². The number of carbonyl (C=O) groups is 2. The zero-order valence-corrected chi connectivity index (χ0v) is 15.8. The fourth-order valence-electron chi connectivity index (χ4n) is 2.26. The molecule has 0 aliphatic heterocycles. The van der Waals surface area contributed by atoms with Gasteiger partial charge in [-0.1, -0.05) is 12.1 Å². The highest BCUT2D eigenvalue weighted by molar-refractivity contribution is 7.14. The van der Waals surface area contributed by atoms with Gasteiger partial charge in [0, 0.05) is 40.3 Å². The Morgan fingerprint density at radius 2 is 1.57 bits per heavy atom. The third-order valence-corrected chi connectivity index (χ3v) is 4.88. The molecule has 0 unspecified atom stereocenters. The topological polar surface area (TPSA) is 106 Å². The Labute approximate surface area is 166 Å². The average molecular weight is 412 g/mol. The summed E-state index contributed by atoms with van der Waals surface area (Å²) in [6.07, 6.45) is 2.51. The van der Waals surface area contributed by atoms with Crippen LogP contribution in [-0.2, 0) is 0 Å². The van der Waals surface area contributed by atoms with Crippen molar-refractivity contribution in [2.24, 2.45) is 0 Å². The van der Waals surface area contributed by atoms with Crippen molar-refractivity contribution in [1.82, 2.24) is 9.97 Å². The molecule has 28 heavy (non-hydrogen) atoms. The number of amides is 2. The number of carbonyl (C=O) groups excluding carboxylic acids is 2. The van der Waals surface area contributed by atoms with Crippen LogP contribution in [0.1, 0.15) is 10.4 Å². The number of furan rings is 1. The van der Waals surface area contributed by atoms with E-state index in [9.17, 15) is 9.59 Å². The summed E-state index contributed by atoms with van der Waals surface area (Å²) in [6, 6.07) is 10.1. The van der Waals surface area contributed by atoms with Gasteiger partial charge in [-0.25, -0.2) is 14.8 Å². The molecule has 0 atom stereocenters. The minimum absolute atomic E-state index is 0.0506. The molecule has 0 aliphatic rings. The minimum atomic E-state index is -0.690. The molecular formula is C18H12N4O4S2. The number of ether oxygens (including phenoxy) is 1. The Morgan fingerprint density at radius 1 is 0.893 bits per heavy atom. The Bertz CT molecular complexity index is 1070. The lowest BCUT2D eigenvalue weighted by molar-refractivity contribution is 0.102. The molecule has 4 aromatic rings. The van der Waals surface area contributed by atoms with E-state index in [0.717, 1.165) is 5.56 Å². The predicted octanol–water partition coefficient (Wildman–Crippen LogP) is 4.72. The molecule has 0 saturated carbocycles. The van der Waals surface area contributed by atoms with Gasteiger partial charge < -0.3 is 9.15 Å². The van der Waals surface area contributed by atoms with Crippen molar-refractivity contribution in [1.29, 1.82) is 0 Å². The molecule has 2 amide bonds. The molecule has 2 N–H and O–H groups in total. The number of nitrogens with one attached hydrogen (secondary N) is 2. The lowest BCUT2D eigenvalue weighted by Gasteiger charge is -2.03. The van der Waals surface area contributed by atoms with E-state index in [4.69, 9.17) is 9.15 Å². The van der Waals surface area contributed by atoms with Crippen molar-refractivity contribution in [3.63, 3.8) is 0 Å². The molecule has 0 radical (unpaired) electrons. The van der Waals surface area contributed by atoms with E-state index in [2.05, 4.69) is 20.6 Å². The van der Waals surface area contributed by atoms with Crippen LogP contribution in [0.4, 0.5) is 15.1 Å². The van der Waals surface area contributed by atoms with Gasteiger partial charge in [-0.3, -0.25) is 15.4 Å². The van der Waals surface area contributed by atoms with E-state index < -0.39 is 6.09 Å². The third kappa shape index (κ3) is 4.24. The van der Waals surface area contributed by atoms with E-state index in [0.29, 0.717) is 21.6 Å². The van der Waals surface area contributed by atoms with Crippen LogP contribution in [0.3, 0.4) is 0 Å². The molecule has 0 spiro atoms. The smallest absolute Gasteiger partial charge is 0.421 e. The largest absolute Gasteiger partial charge is 0.425 e. The predicted molar refractivity (Wildman–Crippen MR) is 106 cm³/mol. The van der Waals surface area contributed by atoms with Crippen molar-refractivity contribution in [2.45, 2.75) is 0 Å². The molecule has 4 rings (SSSR count). The Morgan fingerprint density at radius 3 is 2.21 bits per heavy atom. The molecule has 3 heterocycles. The van der Waals surface area contributed by atoms with Crippen molar-refractivity contribution in [3.05, 3.63) is 65.1 Å². The highest BCUT2D eigenvalue weighted by Gasteiger charge is 2.12. The summed E-state index contributed by atoms with van der Waals surface area (Å²) in [5.41, 5.74) is 1.23. The number of hydrogen-bond donors (Lipinski definition) is 2. The van der Waals surface area contributed by atoms with Gasteiger partial charge in [0.15, 0.2) is 10.3 Å². The summed E-state index contributed by atoms with van der Waals surface area (Å²) >= 11 is 2.63. The first-order valence-electron chi connectivity index (χ1n) is 7.97. The Hall–Kier alpha value is -3.50. The molecule has 0 saturated heterocycles. The molecule has 8 nitrogen and oxygen atoms in total. The van der Waals surface area contributed by atoms with E-state index >= 15 is 0 Å². The van der Waals surface area contributed by atoms with E-state index in [-0.39, 0.29) is 11.9 Å². The van der Waals surface area contributed by atoms with Gasteiger partial charge in [0.1, 0.15) is 5.76 Å². The number of aromatic nitrogens is 2. The molecule has 10 heteroatoms. The van der Waals surface area contributed by atoms with Gasteiger partial charge in [-0.05, 0) is 18.2 Å². The minimum Gasteiger partial charge on any atom is -0.425 e. The average Bonchev–Trinajstić information content (AvgIpc) is 3.45. The van der Waals surface area contributed by atoms with Gasteiger partial charge in [-0.2, -0.15) is 0 Å². The zero-order valence-electron chi connectivity index (χ0n) is 14.1. The number of benzene rings is 1. The first-order chi connectivity index (χ1) is 13.7. The molecule has 0 aliphatic carbocycles. The maximum absolute atomic E-state index is 12.2. The lowest BCUT2D eigenvalue weighted by Crippen LogP contribution is -2.16. The van der Waals surface area contributed by atoms with E-state index in [1.54, 1.807) is 59.6 Å². The second-order valence-electron chi connectivity index (χ2n) is 5.34. The van der Waals surface area contributed by atoms with Crippen molar-refractivity contribution >= 4 is 44.9 Å². The number of thiazole rings is 2. The number of rotatable bonds is 5. The molecule has 3 aromatic heterocycles. The number of hydrogen-bond acceptors (Lipinski definition) is 8. The van der Waals surface area contributed by atoms with Crippen molar-refractivity contribution < 1.29 is 18.7 Å². The summed E-state index contributed by atoms with van der Waals surface area (Å²) in [6.45, 7) is 0. The van der Waals surface area contributed by atoms with Crippen LogP contribution in [-0.4, -0.2) is 22.0 Å². The summed E-state index contributed by atoms with van der Waals surface area (Å²) in [7, 11) is 0. The molecule has 0 bridgehead atoms. The lowest BCUT2D eigenvalue weighted by atomic mass is 10.1. The SMILES string of the molecule is O=C(Nc1nccs1)Oc1ccc(-c2ccc(C(=O)Nc3nccs3)cc2)o1. The standard InChI is InChI=1S/C18H12N4O4S2/c23-15(21-16-19-7-9-27-16)12-3-1-11(2-4-12)13-5-6-14(25-13)26-18(24)22-17-20-8-10-28-17/h1-10H,(H,19,21,23)(H,20,22,24). The maximum atomic E-state index is 12.2. The monoisotopic (exact) mass is 412 g/mol. The van der Waals surface area contributed by atoms with Crippen LogP contribution in [0.5, 0.6) is 5.95 Å². The van der Waals surface area contributed by atoms with Gasteiger partial charge in [-0.15, -0.1) is 22.7 Å². The highest BCUT2D eigenvalue weighted by Crippen LogP contribution is 2.27.